The smallest absolute Gasteiger partial charge is 0.101 e. The van der Waals surface area contributed by atoms with Crippen LogP contribution >= 0.6 is 0 Å². The first-order valence-electron chi connectivity index (χ1n) is 5.22. The Morgan fingerprint density at radius 1 is 1.53 bits per heavy atom. The van der Waals surface area contributed by atoms with Crippen LogP contribution in [0.4, 0.5) is 5.69 Å². The molecule has 2 aliphatic rings. The monoisotopic (exact) mass is 200 g/mol. The normalized spacial score (nSPS) is 28.1. The Kier molecular flexibility index (Phi) is 1.86. The van der Waals surface area contributed by atoms with Crippen LogP contribution in [0.25, 0.3) is 0 Å². The molecule has 76 valence electrons. The van der Waals surface area contributed by atoms with Crippen molar-refractivity contribution in [2.45, 2.75) is 18.5 Å². The summed E-state index contributed by atoms with van der Waals surface area (Å²) in [4.78, 5) is 6.46. The average Bonchev–Trinajstić information content (AvgIpc) is 2.91. The van der Waals surface area contributed by atoms with E-state index in [2.05, 4.69) is 21.3 Å². The zero-order chi connectivity index (χ0) is 10.3. The van der Waals surface area contributed by atoms with Crippen molar-refractivity contribution in [3.63, 3.8) is 0 Å². The molecule has 1 aromatic rings. The summed E-state index contributed by atoms with van der Waals surface area (Å²) >= 11 is 0. The predicted molar refractivity (Wildman–Crippen MR) is 56.5 cm³/mol. The van der Waals surface area contributed by atoms with Crippen molar-refractivity contribution in [3.8, 4) is 6.07 Å². The maximum Gasteiger partial charge on any atom is 0.101 e. The Labute approximate surface area is 88.5 Å². The number of nitriles is 1. The second kappa shape index (κ2) is 3.21. The maximum absolute atomic E-state index is 8.82. The summed E-state index contributed by atoms with van der Waals surface area (Å²) in [5.74, 6) is 0. The highest BCUT2D eigenvalue weighted by atomic mass is 15.3. The molecule has 3 rings (SSSR count). The molecule has 15 heavy (non-hydrogen) atoms. The van der Waals surface area contributed by atoms with E-state index in [-0.39, 0.29) is 0 Å². The molecule has 1 aromatic heterocycles. The van der Waals surface area contributed by atoms with Crippen LogP contribution in [0.1, 0.15) is 12.0 Å². The first kappa shape index (κ1) is 8.69. The molecule has 0 spiro atoms. The number of piperazine rings is 1. The number of rotatable bonds is 1. The molecule has 2 saturated heterocycles. The molecule has 0 saturated carbocycles. The van der Waals surface area contributed by atoms with E-state index in [1.807, 2.05) is 12.3 Å². The number of hydrogen-bond donors (Lipinski definition) is 1. The number of pyridine rings is 1. The molecule has 2 atom stereocenters. The van der Waals surface area contributed by atoms with Crippen molar-refractivity contribution in [2.24, 2.45) is 0 Å². The summed E-state index contributed by atoms with van der Waals surface area (Å²) in [5, 5.41) is 12.3. The molecule has 4 heteroatoms. The fourth-order valence-corrected chi connectivity index (χ4v) is 2.52. The highest BCUT2D eigenvalue weighted by molar-refractivity contribution is 5.51. The Morgan fingerprint density at radius 3 is 3.13 bits per heavy atom. The lowest BCUT2D eigenvalue weighted by molar-refractivity contribution is 0.579. The summed E-state index contributed by atoms with van der Waals surface area (Å²) in [6.45, 7) is 2.10. The zero-order valence-corrected chi connectivity index (χ0v) is 8.35. The van der Waals surface area contributed by atoms with Crippen LogP contribution in [-0.2, 0) is 0 Å². The van der Waals surface area contributed by atoms with Crippen LogP contribution in [0, 0.1) is 11.3 Å². The van der Waals surface area contributed by atoms with Crippen LogP contribution in [-0.4, -0.2) is 30.2 Å². The predicted octanol–water partition coefficient (Wildman–Crippen LogP) is 0.504. The van der Waals surface area contributed by atoms with Crippen LogP contribution < -0.4 is 10.2 Å². The minimum absolute atomic E-state index is 0.589. The number of aromatic nitrogens is 1. The van der Waals surface area contributed by atoms with Gasteiger partial charge in [0.1, 0.15) is 6.07 Å². The molecule has 0 amide bonds. The molecule has 2 aliphatic heterocycles. The van der Waals surface area contributed by atoms with Crippen LogP contribution in [0.3, 0.4) is 0 Å². The SMILES string of the molecule is N#Cc1cncc(N2C[C@@H]3C[C@H]2CN3)c1. The van der Waals surface area contributed by atoms with Gasteiger partial charge in [-0.15, -0.1) is 0 Å². The van der Waals surface area contributed by atoms with Gasteiger partial charge in [-0.2, -0.15) is 5.26 Å². The van der Waals surface area contributed by atoms with Gasteiger partial charge in [0, 0.05) is 31.4 Å². The molecule has 0 unspecified atom stereocenters. The summed E-state index contributed by atoms with van der Waals surface area (Å²) in [5.41, 5.74) is 1.73. The standard InChI is InChI=1S/C11H12N4/c12-3-8-1-10(5-13-4-8)15-7-9-2-11(15)6-14-9/h1,4-5,9,11,14H,2,6-7H2/t9-,11-/m0/s1. The summed E-state index contributed by atoms with van der Waals surface area (Å²) in [7, 11) is 0. The summed E-state index contributed by atoms with van der Waals surface area (Å²) < 4.78 is 0. The number of hydrogen-bond acceptors (Lipinski definition) is 4. The third kappa shape index (κ3) is 1.36. The lowest BCUT2D eigenvalue weighted by Gasteiger charge is -2.29. The fourth-order valence-electron chi connectivity index (χ4n) is 2.52. The van der Waals surface area contributed by atoms with E-state index >= 15 is 0 Å². The topological polar surface area (TPSA) is 52.0 Å². The fraction of sp³-hybridized carbons (Fsp3) is 0.455. The summed E-state index contributed by atoms with van der Waals surface area (Å²) in [6, 6.07) is 5.27. The number of fused-ring (bicyclic) bond motifs is 2. The third-order valence-corrected chi connectivity index (χ3v) is 3.24. The van der Waals surface area contributed by atoms with Gasteiger partial charge in [-0.25, -0.2) is 0 Å². The van der Waals surface area contributed by atoms with E-state index in [1.54, 1.807) is 6.20 Å². The van der Waals surface area contributed by atoms with Crippen molar-refractivity contribution < 1.29 is 0 Å². The molecule has 0 aromatic carbocycles. The van der Waals surface area contributed by atoms with Gasteiger partial charge in [0.2, 0.25) is 0 Å². The Balaban J connectivity index is 1.90. The second-order valence-electron chi connectivity index (χ2n) is 4.19. The van der Waals surface area contributed by atoms with Gasteiger partial charge < -0.3 is 10.2 Å². The number of nitrogens with zero attached hydrogens (tertiary/aromatic N) is 3. The van der Waals surface area contributed by atoms with Gasteiger partial charge in [-0.3, -0.25) is 4.98 Å². The van der Waals surface area contributed by atoms with E-state index in [1.165, 1.54) is 6.42 Å². The van der Waals surface area contributed by atoms with E-state index in [0.717, 1.165) is 18.8 Å². The summed E-state index contributed by atoms with van der Waals surface area (Å²) in [6.07, 6.45) is 4.67. The largest absolute Gasteiger partial charge is 0.364 e. The Bertz CT molecular complexity index is 423. The van der Waals surface area contributed by atoms with Crippen molar-refractivity contribution in [1.29, 1.82) is 5.26 Å². The molecular weight excluding hydrogens is 188 g/mol. The van der Waals surface area contributed by atoms with E-state index in [0.29, 0.717) is 17.6 Å². The van der Waals surface area contributed by atoms with Crippen molar-refractivity contribution in [3.05, 3.63) is 24.0 Å². The maximum atomic E-state index is 8.82. The average molecular weight is 200 g/mol. The molecule has 4 nitrogen and oxygen atoms in total. The molecule has 1 N–H and O–H groups in total. The Hall–Kier alpha value is -1.60. The first-order valence-corrected chi connectivity index (χ1v) is 5.22. The van der Waals surface area contributed by atoms with Gasteiger partial charge >= 0.3 is 0 Å². The van der Waals surface area contributed by atoms with E-state index < -0.39 is 0 Å². The van der Waals surface area contributed by atoms with Crippen LogP contribution in [0.15, 0.2) is 18.5 Å². The lowest BCUT2D eigenvalue weighted by atomic mass is 10.2. The molecule has 0 radical (unpaired) electrons. The second-order valence-corrected chi connectivity index (χ2v) is 4.19. The number of anilines is 1. The number of nitrogens with one attached hydrogen (secondary N) is 1. The van der Waals surface area contributed by atoms with Crippen LogP contribution in [0.2, 0.25) is 0 Å². The molecule has 0 aliphatic carbocycles. The highest BCUT2D eigenvalue weighted by Gasteiger charge is 2.37. The molecule has 2 bridgehead atoms. The van der Waals surface area contributed by atoms with Crippen molar-refractivity contribution in [1.82, 2.24) is 10.3 Å². The molecular formula is C11H12N4. The Morgan fingerprint density at radius 2 is 2.47 bits per heavy atom. The zero-order valence-electron chi connectivity index (χ0n) is 8.35. The van der Waals surface area contributed by atoms with Gasteiger partial charge in [0.05, 0.1) is 17.4 Å². The molecule has 3 heterocycles. The molecule has 2 fully saturated rings. The first-order chi connectivity index (χ1) is 7.36. The van der Waals surface area contributed by atoms with Gasteiger partial charge in [-0.05, 0) is 12.5 Å². The quantitative estimate of drug-likeness (QED) is 0.717. The lowest BCUT2D eigenvalue weighted by Crippen LogP contribution is -2.43. The minimum atomic E-state index is 0.589. The van der Waals surface area contributed by atoms with Crippen molar-refractivity contribution in [2.75, 3.05) is 18.0 Å². The van der Waals surface area contributed by atoms with Crippen LogP contribution in [0.5, 0.6) is 0 Å². The highest BCUT2D eigenvalue weighted by Crippen LogP contribution is 2.28. The third-order valence-electron chi connectivity index (χ3n) is 3.24. The van der Waals surface area contributed by atoms with E-state index in [9.17, 15) is 0 Å². The van der Waals surface area contributed by atoms with E-state index in [4.69, 9.17) is 5.26 Å². The minimum Gasteiger partial charge on any atom is -0.364 e. The van der Waals surface area contributed by atoms with Gasteiger partial charge in [0.15, 0.2) is 0 Å². The van der Waals surface area contributed by atoms with Gasteiger partial charge in [0.25, 0.3) is 0 Å². The van der Waals surface area contributed by atoms with Gasteiger partial charge in [-0.1, -0.05) is 0 Å². The van der Waals surface area contributed by atoms with Crippen molar-refractivity contribution >= 4 is 5.69 Å².